The van der Waals surface area contributed by atoms with E-state index in [4.69, 9.17) is 30.5 Å². The number of halogens is 1. The van der Waals surface area contributed by atoms with Crippen LogP contribution in [0.15, 0.2) is 49.3 Å². The Morgan fingerprint density at radius 2 is 1.00 bits per heavy atom. The van der Waals surface area contributed by atoms with E-state index < -0.39 is 20.0 Å². The monoisotopic (exact) mass is 894 g/mol. The van der Waals surface area contributed by atoms with Crippen LogP contribution in [0.2, 0.25) is 5.15 Å². The Morgan fingerprint density at radius 3 is 1.43 bits per heavy atom. The maximum atomic E-state index is 12.8. The lowest BCUT2D eigenvalue weighted by Gasteiger charge is -2.37. The number of pyridine rings is 2. The Kier molecular flexibility index (Phi) is 11.8. The highest BCUT2D eigenvalue weighted by Gasteiger charge is 2.53. The third-order valence-corrected chi connectivity index (χ3v) is 17.9. The average Bonchev–Trinajstić information content (AvgIpc) is 4.18. The van der Waals surface area contributed by atoms with Gasteiger partial charge in [-0.3, -0.25) is 4.98 Å². The molecule has 4 aromatic heterocycles. The first-order chi connectivity index (χ1) is 29.4. The summed E-state index contributed by atoms with van der Waals surface area (Å²) in [6.45, 7) is 5.74. The summed E-state index contributed by atoms with van der Waals surface area (Å²) in [7, 11) is -6.31. The van der Waals surface area contributed by atoms with Crippen molar-refractivity contribution in [2.75, 3.05) is 0 Å². The van der Waals surface area contributed by atoms with Crippen LogP contribution in [0, 0.1) is 13.8 Å². The molecular weight excluding hydrogens is 844 g/mol. The van der Waals surface area contributed by atoms with Crippen LogP contribution in [-0.4, -0.2) is 102 Å². The van der Waals surface area contributed by atoms with Gasteiger partial charge in [-0.2, -0.15) is 8.61 Å². The highest BCUT2D eigenvalue weighted by molar-refractivity contribution is 7.90. The van der Waals surface area contributed by atoms with Gasteiger partial charge < -0.3 is 18.9 Å². The smallest absolute Gasteiger partial charge is 0.229 e. The van der Waals surface area contributed by atoms with Gasteiger partial charge in [0, 0.05) is 62.2 Å². The molecule has 0 amide bonds. The number of rotatable bonds is 13. The molecule has 16 nitrogen and oxygen atoms in total. The van der Waals surface area contributed by atoms with Crippen molar-refractivity contribution in [3.63, 3.8) is 0 Å². The summed E-state index contributed by atoms with van der Waals surface area (Å²) in [5.74, 6) is 2.83. The van der Waals surface area contributed by atoms with Gasteiger partial charge in [0.1, 0.15) is 24.9 Å². The van der Waals surface area contributed by atoms with E-state index in [9.17, 15) is 16.8 Å². The largest absolute Gasteiger partial charge is 0.474 e. The molecular formula is C42H51ClN8O8S2. The normalized spacial score (nSPS) is 26.3. The summed E-state index contributed by atoms with van der Waals surface area (Å²) in [4.78, 5) is 25.4. The van der Waals surface area contributed by atoms with Crippen LogP contribution in [0.25, 0.3) is 0 Å². The van der Waals surface area contributed by atoms with Gasteiger partial charge in [0.2, 0.25) is 43.6 Å². The number of ether oxygens (including phenoxy) is 4. The molecule has 0 radical (unpaired) electrons. The van der Waals surface area contributed by atoms with Crippen LogP contribution in [-0.2, 0) is 26.5 Å². The molecule has 8 heterocycles. The van der Waals surface area contributed by atoms with Crippen molar-refractivity contribution in [2.24, 2.45) is 0 Å². The second-order valence-corrected chi connectivity index (χ2v) is 21.5. The minimum Gasteiger partial charge on any atom is -0.474 e. The molecule has 61 heavy (non-hydrogen) atoms. The number of fused-ring (bicyclic) bond motifs is 4. The minimum absolute atomic E-state index is 0.0198. The number of piperidine rings is 2. The molecule has 4 aliphatic heterocycles. The zero-order valence-corrected chi connectivity index (χ0v) is 36.9. The molecule has 4 saturated heterocycles. The van der Waals surface area contributed by atoms with E-state index in [1.54, 1.807) is 33.1 Å². The number of aromatic nitrogens is 6. The van der Waals surface area contributed by atoms with Crippen molar-refractivity contribution >= 4 is 31.6 Å². The van der Waals surface area contributed by atoms with Crippen LogP contribution in [0.4, 0.5) is 0 Å². The quantitative estimate of drug-likeness (QED) is 0.126. The lowest BCUT2D eigenvalue weighted by molar-refractivity contribution is 0.0902. The van der Waals surface area contributed by atoms with Gasteiger partial charge in [0.05, 0.1) is 27.3 Å². The first-order valence-electron chi connectivity index (χ1n) is 21.3. The second-order valence-electron chi connectivity index (χ2n) is 16.9. The van der Waals surface area contributed by atoms with Crippen LogP contribution in [0.3, 0.4) is 0 Å². The third kappa shape index (κ3) is 8.75. The average molecular weight is 896 g/mol. The molecule has 0 spiro atoms. The fraction of sp³-hybridized carbons (Fsp3) is 0.571. The van der Waals surface area contributed by atoms with Gasteiger partial charge >= 0.3 is 0 Å². The Balaban J connectivity index is 0.000000156. The molecule has 4 aromatic rings. The molecule has 6 fully saturated rings. The molecule has 10 rings (SSSR count). The minimum atomic E-state index is -3.16. The Hall–Kier alpha value is -4.23. The van der Waals surface area contributed by atoms with Crippen LogP contribution < -0.4 is 18.9 Å². The van der Waals surface area contributed by atoms with Gasteiger partial charge in [-0.25, -0.2) is 41.8 Å². The van der Waals surface area contributed by atoms with Crippen molar-refractivity contribution in [1.82, 2.24) is 38.5 Å². The van der Waals surface area contributed by atoms with E-state index in [0.29, 0.717) is 66.3 Å². The molecule has 6 aliphatic rings. The maximum absolute atomic E-state index is 12.8. The predicted octanol–water partition coefficient (Wildman–Crippen LogP) is 6.89. The number of sulfonamides is 2. The van der Waals surface area contributed by atoms with Crippen LogP contribution in [0.1, 0.15) is 101 Å². The fourth-order valence-corrected chi connectivity index (χ4v) is 14.0. The zero-order chi connectivity index (χ0) is 42.5. The number of hydrogen-bond acceptors (Lipinski definition) is 14. The second kappa shape index (κ2) is 17.1. The number of nitrogens with zero attached hydrogens (tertiary/aromatic N) is 8. The van der Waals surface area contributed by atoms with Gasteiger partial charge in [0.25, 0.3) is 0 Å². The lowest BCUT2D eigenvalue weighted by atomic mass is 10.0. The van der Waals surface area contributed by atoms with E-state index in [1.807, 2.05) is 32.9 Å². The van der Waals surface area contributed by atoms with Crippen molar-refractivity contribution in [2.45, 2.75) is 151 Å². The van der Waals surface area contributed by atoms with Crippen molar-refractivity contribution in [3.8, 4) is 35.0 Å². The molecule has 4 bridgehead atoms. The summed E-state index contributed by atoms with van der Waals surface area (Å²) in [5, 5.41) is -0.0719. The van der Waals surface area contributed by atoms with E-state index in [-0.39, 0.29) is 52.0 Å². The summed E-state index contributed by atoms with van der Waals surface area (Å²) >= 11 is 6.07. The first kappa shape index (κ1) is 42.1. The Bertz CT molecular complexity index is 2450. The SMILES string of the molecule is CCc1ncccc1Oc1ncnc(OC2CC3CCC(C2)N3S(=O)(=O)C2CC2)c1C.Cc1c(Oc2cccnc2Cl)ncnc1OC1CC2CCC(C1)N2S(=O)(=O)C1CC1. The van der Waals surface area contributed by atoms with E-state index in [2.05, 4.69) is 29.9 Å². The van der Waals surface area contributed by atoms with E-state index in [1.165, 1.54) is 12.7 Å². The van der Waals surface area contributed by atoms with Gasteiger partial charge in [-0.15, -0.1) is 0 Å². The zero-order valence-electron chi connectivity index (χ0n) is 34.5. The maximum Gasteiger partial charge on any atom is 0.229 e. The van der Waals surface area contributed by atoms with E-state index in [0.717, 1.165) is 69.0 Å². The molecule has 0 N–H and O–H groups in total. The van der Waals surface area contributed by atoms with E-state index >= 15 is 0 Å². The van der Waals surface area contributed by atoms with Crippen LogP contribution in [0.5, 0.6) is 35.0 Å². The third-order valence-electron chi connectivity index (χ3n) is 12.6. The van der Waals surface area contributed by atoms with Crippen LogP contribution >= 0.6 is 11.6 Å². The summed E-state index contributed by atoms with van der Waals surface area (Å²) < 4.78 is 79.2. The molecule has 19 heteroatoms. The highest BCUT2D eigenvalue weighted by atomic mass is 35.5. The number of aryl methyl sites for hydroxylation is 1. The predicted molar refractivity (Wildman–Crippen MR) is 225 cm³/mol. The topological polar surface area (TPSA) is 189 Å². The van der Waals surface area contributed by atoms with Gasteiger partial charge in [-0.1, -0.05) is 18.5 Å². The van der Waals surface area contributed by atoms with Gasteiger partial charge in [0.15, 0.2) is 16.7 Å². The first-order valence-corrected chi connectivity index (χ1v) is 24.7. The summed E-state index contributed by atoms with van der Waals surface area (Å²) in [6.07, 6.45) is 16.3. The molecule has 4 unspecified atom stereocenters. The lowest BCUT2D eigenvalue weighted by Crippen LogP contribution is -2.50. The molecule has 4 atom stereocenters. The Labute approximate surface area is 361 Å². The standard InChI is InChI=1S/C22H28N4O4S.C20H23ClN4O4S/c1-3-19-20(5-4-10-23-19)30-22-14(2)21(24-13-25-22)29-17-11-15-6-7-16(12-17)26(15)31(27,28)18-8-9-18;1-12-19(23-11-24-20(12)29-17-3-2-8-22-18(17)21)28-15-9-13-4-5-14(10-15)25(13)30(26,27)16-6-7-16/h4-5,10,13,15-18H,3,6-9,11-12H2,1-2H3;2-3,8,11,13-16H,4-7,9-10H2,1H3. The highest BCUT2D eigenvalue weighted by Crippen LogP contribution is 2.46. The molecule has 326 valence electrons. The van der Waals surface area contributed by atoms with Crippen molar-refractivity contribution in [1.29, 1.82) is 0 Å². The summed E-state index contributed by atoms with van der Waals surface area (Å²) in [6, 6.07) is 7.27. The molecule has 2 saturated carbocycles. The number of hydrogen-bond donors (Lipinski definition) is 0. The molecule has 2 aliphatic carbocycles. The summed E-state index contributed by atoms with van der Waals surface area (Å²) in [5.41, 5.74) is 2.26. The Morgan fingerprint density at radius 1 is 0.590 bits per heavy atom. The fourth-order valence-electron chi connectivity index (χ4n) is 9.30. The molecule has 0 aromatic carbocycles. The van der Waals surface area contributed by atoms with Crippen molar-refractivity contribution < 1.29 is 35.8 Å². The van der Waals surface area contributed by atoms with Gasteiger partial charge in [-0.05, 0) is 95.9 Å². The van der Waals surface area contributed by atoms with Crippen molar-refractivity contribution in [3.05, 3.63) is 71.3 Å².